The highest BCUT2D eigenvalue weighted by Gasteiger charge is 2.28. The number of ether oxygens (including phenoxy) is 1. The Morgan fingerprint density at radius 1 is 1.03 bits per heavy atom. The van der Waals surface area contributed by atoms with Crippen molar-refractivity contribution in [1.29, 1.82) is 0 Å². The van der Waals surface area contributed by atoms with Crippen molar-refractivity contribution >= 4 is 16.0 Å². The monoisotopic (exact) mass is 552 g/mol. The van der Waals surface area contributed by atoms with E-state index in [0.717, 1.165) is 22.3 Å². The average molecular weight is 553 g/mol. The third-order valence-corrected chi connectivity index (χ3v) is 8.88. The molecule has 0 saturated carbocycles. The second-order valence-electron chi connectivity index (χ2n) is 10.2. The fraction of sp³-hybridized carbons (Fsp3) is 0.419. The van der Waals surface area contributed by atoms with E-state index in [2.05, 4.69) is 0 Å². The summed E-state index contributed by atoms with van der Waals surface area (Å²) in [6, 6.07) is 16.4. The number of aromatic nitrogens is 1. The fourth-order valence-electron chi connectivity index (χ4n) is 4.73. The number of benzene rings is 2. The molecule has 0 aliphatic rings. The van der Waals surface area contributed by atoms with Gasteiger partial charge in [-0.15, -0.1) is 0 Å². The van der Waals surface area contributed by atoms with Crippen molar-refractivity contribution in [2.75, 3.05) is 13.2 Å². The van der Waals surface area contributed by atoms with Crippen LogP contribution in [0.2, 0.25) is 0 Å². The van der Waals surface area contributed by atoms with Crippen LogP contribution in [0, 0.1) is 6.92 Å². The van der Waals surface area contributed by atoms with Gasteiger partial charge in [-0.05, 0) is 66.1 Å². The minimum atomic E-state index is -3.76. The van der Waals surface area contributed by atoms with Gasteiger partial charge in [0, 0.05) is 38.3 Å². The van der Waals surface area contributed by atoms with Gasteiger partial charge in [0.25, 0.3) is 5.56 Å². The van der Waals surface area contributed by atoms with Gasteiger partial charge in [-0.1, -0.05) is 57.2 Å². The lowest BCUT2D eigenvalue weighted by molar-refractivity contribution is -0.143. The Labute approximate surface area is 232 Å². The van der Waals surface area contributed by atoms with Crippen LogP contribution in [0.25, 0.3) is 0 Å². The number of carbonyl (C=O) groups excluding carboxylic acids is 1. The number of pyridine rings is 1. The van der Waals surface area contributed by atoms with E-state index in [1.165, 1.54) is 4.57 Å². The van der Waals surface area contributed by atoms with Crippen molar-refractivity contribution in [3.05, 3.63) is 99.0 Å². The Hall–Kier alpha value is -3.23. The van der Waals surface area contributed by atoms with Crippen LogP contribution in [0.5, 0.6) is 0 Å². The molecule has 0 spiro atoms. The largest absolute Gasteiger partial charge is 0.466 e. The first-order valence-electron chi connectivity index (χ1n) is 13.5. The van der Waals surface area contributed by atoms with Gasteiger partial charge in [0.15, 0.2) is 0 Å². The third-order valence-electron chi connectivity index (χ3n) is 6.96. The maximum atomic E-state index is 13.9. The number of rotatable bonds is 12. The van der Waals surface area contributed by atoms with Crippen LogP contribution in [0.1, 0.15) is 80.2 Å². The maximum Gasteiger partial charge on any atom is 0.306 e. The third kappa shape index (κ3) is 7.25. The Bertz CT molecular complexity index is 1460. The topological polar surface area (TPSA) is 85.7 Å². The summed E-state index contributed by atoms with van der Waals surface area (Å²) in [6.45, 7) is 10.5. The Morgan fingerprint density at radius 2 is 1.72 bits per heavy atom. The summed E-state index contributed by atoms with van der Waals surface area (Å²) < 4.78 is 36.1. The van der Waals surface area contributed by atoms with Gasteiger partial charge in [0.1, 0.15) is 0 Å². The van der Waals surface area contributed by atoms with Crippen LogP contribution in [-0.2, 0) is 33.1 Å². The highest BCUT2D eigenvalue weighted by Crippen LogP contribution is 2.32. The Morgan fingerprint density at radius 3 is 2.36 bits per heavy atom. The predicted molar refractivity (Wildman–Crippen MR) is 154 cm³/mol. The molecule has 0 aliphatic heterocycles. The first-order chi connectivity index (χ1) is 18.5. The van der Waals surface area contributed by atoms with E-state index in [-0.39, 0.29) is 37.0 Å². The highest BCUT2D eigenvalue weighted by molar-refractivity contribution is 7.89. The molecule has 7 nitrogen and oxygen atoms in total. The van der Waals surface area contributed by atoms with Crippen molar-refractivity contribution in [1.82, 2.24) is 8.87 Å². The van der Waals surface area contributed by atoms with E-state index >= 15 is 0 Å². The maximum absolute atomic E-state index is 13.9. The average Bonchev–Trinajstić information content (AvgIpc) is 2.90. The molecule has 0 saturated heterocycles. The molecule has 39 heavy (non-hydrogen) atoms. The van der Waals surface area contributed by atoms with E-state index in [9.17, 15) is 18.0 Å². The zero-order valence-electron chi connectivity index (χ0n) is 23.8. The fourth-order valence-corrected chi connectivity index (χ4v) is 6.59. The molecule has 0 fully saturated rings. The number of hydrogen-bond donors (Lipinski definition) is 0. The summed E-state index contributed by atoms with van der Waals surface area (Å²) in [5.74, 6) is -0.701. The minimum Gasteiger partial charge on any atom is -0.466 e. The van der Waals surface area contributed by atoms with Gasteiger partial charge in [-0.3, -0.25) is 9.59 Å². The normalized spacial score (nSPS) is 12.6. The molecule has 210 valence electrons. The summed E-state index contributed by atoms with van der Waals surface area (Å²) in [4.78, 5) is 25.3. The highest BCUT2D eigenvalue weighted by atomic mass is 32.2. The SMILES string of the molecule is CCCN(Cc1cc(C(CC(=O)OCC)c2ccn(C)c(=O)c2)ccc1C)S(=O)(=O)c1ccccc1C(C)C. The molecule has 0 N–H and O–H groups in total. The van der Waals surface area contributed by atoms with E-state index in [1.54, 1.807) is 42.7 Å². The van der Waals surface area contributed by atoms with Crippen molar-refractivity contribution in [2.45, 2.75) is 70.7 Å². The van der Waals surface area contributed by atoms with Gasteiger partial charge in [-0.2, -0.15) is 4.31 Å². The molecular formula is C31H40N2O5S. The second kappa shape index (κ2) is 13.2. The zero-order chi connectivity index (χ0) is 28.7. The molecule has 1 aromatic heterocycles. The van der Waals surface area contributed by atoms with Crippen LogP contribution in [-0.4, -0.2) is 36.4 Å². The molecule has 0 aliphatic carbocycles. The Kier molecular flexibility index (Phi) is 10.3. The summed E-state index contributed by atoms with van der Waals surface area (Å²) in [5, 5.41) is 0. The molecular weight excluding hydrogens is 512 g/mol. The predicted octanol–water partition coefficient (Wildman–Crippen LogP) is 5.50. The number of hydrogen-bond acceptors (Lipinski definition) is 5. The first kappa shape index (κ1) is 30.3. The van der Waals surface area contributed by atoms with Gasteiger partial charge in [-0.25, -0.2) is 8.42 Å². The van der Waals surface area contributed by atoms with Gasteiger partial charge in [0.2, 0.25) is 10.0 Å². The number of aryl methyl sites for hydroxylation is 2. The van der Waals surface area contributed by atoms with Crippen LogP contribution in [0.3, 0.4) is 0 Å². The molecule has 3 aromatic rings. The van der Waals surface area contributed by atoms with E-state index < -0.39 is 15.9 Å². The number of nitrogens with zero attached hydrogens (tertiary/aromatic N) is 2. The van der Waals surface area contributed by atoms with Crippen molar-refractivity contribution in [3.8, 4) is 0 Å². The lowest BCUT2D eigenvalue weighted by Crippen LogP contribution is -2.32. The molecule has 0 radical (unpaired) electrons. The quantitative estimate of drug-likeness (QED) is 0.277. The standard InChI is InChI=1S/C31H40N2O5S/c1-7-16-33(39(36,37)29-12-10-9-11-27(29)22(3)4)21-26-18-24(14-13-23(26)5)28(20-31(35)38-8-2)25-15-17-32(6)30(34)19-25/h9-15,17-19,22,28H,7-8,16,20-21H2,1-6H3. The molecule has 1 unspecified atom stereocenters. The molecule has 0 amide bonds. The van der Waals surface area contributed by atoms with Gasteiger partial charge >= 0.3 is 5.97 Å². The summed E-state index contributed by atoms with van der Waals surface area (Å²) >= 11 is 0. The molecule has 1 atom stereocenters. The van der Waals surface area contributed by atoms with E-state index in [0.29, 0.717) is 23.4 Å². The Balaban J connectivity index is 2.06. The lowest BCUT2D eigenvalue weighted by Gasteiger charge is -2.26. The van der Waals surface area contributed by atoms with Crippen LogP contribution in [0.4, 0.5) is 0 Å². The molecule has 1 heterocycles. The summed E-state index contributed by atoms with van der Waals surface area (Å²) in [5.41, 5.74) is 3.97. The van der Waals surface area contributed by atoms with Gasteiger partial charge < -0.3 is 9.30 Å². The van der Waals surface area contributed by atoms with Gasteiger partial charge in [0.05, 0.1) is 17.9 Å². The number of carbonyl (C=O) groups is 1. The van der Waals surface area contributed by atoms with Crippen LogP contribution < -0.4 is 5.56 Å². The molecule has 0 bridgehead atoms. The first-order valence-corrected chi connectivity index (χ1v) is 14.9. The lowest BCUT2D eigenvalue weighted by atomic mass is 9.87. The summed E-state index contributed by atoms with van der Waals surface area (Å²) in [6.07, 6.45) is 2.43. The van der Waals surface area contributed by atoms with E-state index in [4.69, 9.17) is 4.74 Å². The number of sulfonamides is 1. The van der Waals surface area contributed by atoms with E-state index in [1.807, 2.05) is 64.1 Å². The van der Waals surface area contributed by atoms with Crippen LogP contribution >= 0.6 is 0 Å². The minimum absolute atomic E-state index is 0.0618. The molecule has 8 heteroatoms. The smallest absolute Gasteiger partial charge is 0.306 e. The van der Waals surface area contributed by atoms with Crippen molar-refractivity contribution < 1.29 is 17.9 Å². The van der Waals surface area contributed by atoms with Crippen molar-refractivity contribution in [3.63, 3.8) is 0 Å². The second-order valence-corrected chi connectivity index (χ2v) is 12.1. The molecule has 2 aromatic carbocycles. The summed E-state index contributed by atoms with van der Waals surface area (Å²) in [7, 11) is -2.08. The van der Waals surface area contributed by atoms with Crippen LogP contribution in [0.15, 0.2) is 70.5 Å². The van der Waals surface area contributed by atoms with Crippen molar-refractivity contribution in [2.24, 2.45) is 7.05 Å². The zero-order valence-corrected chi connectivity index (χ0v) is 24.6. The molecule has 3 rings (SSSR count). The number of esters is 1.